The summed E-state index contributed by atoms with van der Waals surface area (Å²) < 4.78 is 0. The third-order valence-corrected chi connectivity index (χ3v) is 2.22. The van der Waals surface area contributed by atoms with Crippen LogP contribution in [0.15, 0.2) is 0 Å². The molecule has 1 saturated heterocycles. The van der Waals surface area contributed by atoms with Gasteiger partial charge in [-0.15, -0.1) is 0 Å². The molecule has 0 unspecified atom stereocenters. The lowest BCUT2D eigenvalue weighted by molar-refractivity contribution is -0.703. The van der Waals surface area contributed by atoms with E-state index in [0.717, 1.165) is 0 Å². The summed E-state index contributed by atoms with van der Waals surface area (Å²) in [7, 11) is 0. The molecule has 0 saturated carbocycles. The summed E-state index contributed by atoms with van der Waals surface area (Å²) in [6, 6.07) is -0.364. The molecule has 7 heteroatoms. The lowest BCUT2D eigenvalue weighted by Gasteiger charge is -2.14. The molecule has 1 fully saturated rings. The molecule has 4 atom stereocenters. The topological polar surface area (TPSA) is 105 Å². The fourth-order valence-corrected chi connectivity index (χ4v) is 1.42. The molecule has 0 amide bonds. The van der Waals surface area contributed by atoms with Crippen molar-refractivity contribution in [3.8, 4) is 0 Å². The molecular formula is C6H16Cl2N2O3. The molecule has 1 rings (SSSR count). The van der Waals surface area contributed by atoms with Gasteiger partial charge in [0.1, 0.15) is 25.4 Å². The minimum atomic E-state index is -0.746. The van der Waals surface area contributed by atoms with Crippen LogP contribution in [0.4, 0.5) is 0 Å². The largest absolute Gasteiger partial charge is 1.00 e. The summed E-state index contributed by atoms with van der Waals surface area (Å²) in [6.07, 6.45) is -1.42. The lowest BCUT2D eigenvalue weighted by atomic mass is 10.0. The van der Waals surface area contributed by atoms with Gasteiger partial charge in [0.15, 0.2) is 12.1 Å². The molecular weight excluding hydrogens is 219 g/mol. The maximum absolute atomic E-state index is 9.33. The number of halogens is 2. The van der Waals surface area contributed by atoms with E-state index in [4.69, 9.17) is 10.2 Å². The van der Waals surface area contributed by atoms with E-state index in [1.807, 2.05) is 5.32 Å². The summed E-state index contributed by atoms with van der Waals surface area (Å²) >= 11 is 0. The highest BCUT2D eigenvalue weighted by atomic mass is 35.5. The Hall–Kier alpha value is 0.380. The van der Waals surface area contributed by atoms with Crippen molar-refractivity contribution in [3.05, 3.63) is 0 Å². The van der Waals surface area contributed by atoms with Gasteiger partial charge < -0.3 is 51.2 Å². The number of aliphatic hydroxyl groups is 3. The number of aliphatic hydroxyl groups excluding tert-OH is 3. The van der Waals surface area contributed by atoms with E-state index in [2.05, 4.69) is 5.73 Å². The summed E-state index contributed by atoms with van der Waals surface area (Å²) in [5.41, 5.74) is 3.67. The summed E-state index contributed by atoms with van der Waals surface area (Å²) in [6.45, 7) is 0.447. The van der Waals surface area contributed by atoms with Gasteiger partial charge in [0.2, 0.25) is 0 Å². The van der Waals surface area contributed by atoms with E-state index in [0.29, 0.717) is 6.54 Å². The van der Waals surface area contributed by atoms with E-state index >= 15 is 0 Å². The standard InChI is InChI=1S/C6H14N2O3.2ClH/c7-3(2-9)5-6(11)4(10)1-8-5;;/h3-6,8-11H,1-2,7H2;2*1H/t3-,4-,5-,6-;;/m1../s1. The van der Waals surface area contributed by atoms with Crippen molar-refractivity contribution in [2.45, 2.75) is 24.3 Å². The number of rotatable bonds is 2. The Labute approximate surface area is 89.1 Å². The van der Waals surface area contributed by atoms with E-state index in [1.54, 1.807) is 0 Å². The van der Waals surface area contributed by atoms with Crippen LogP contribution in [-0.2, 0) is 0 Å². The fraction of sp³-hybridized carbons (Fsp3) is 1.00. The van der Waals surface area contributed by atoms with Crippen molar-refractivity contribution in [1.29, 1.82) is 0 Å². The molecule has 5 nitrogen and oxygen atoms in total. The van der Waals surface area contributed by atoms with Gasteiger partial charge in [-0.3, -0.25) is 0 Å². The Morgan fingerprint density at radius 2 is 1.92 bits per heavy atom. The molecule has 0 spiro atoms. The zero-order valence-electron chi connectivity index (χ0n) is 7.11. The first-order chi connectivity index (χ1) is 5.16. The summed E-state index contributed by atoms with van der Waals surface area (Å²) in [5, 5.41) is 29.0. The predicted molar refractivity (Wildman–Crippen MR) is 36.4 cm³/mol. The van der Waals surface area contributed by atoms with E-state index < -0.39 is 12.2 Å². The van der Waals surface area contributed by atoms with Crippen molar-refractivity contribution in [1.82, 2.24) is 0 Å². The van der Waals surface area contributed by atoms with Gasteiger partial charge in [-0.05, 0) is 0 Å². The number of hydrogen-bond donors (Lipinski definition) is 5. The molecule has 0 bridgehead atoms. The van der Waals surface area contributed by atoms with Gasteiger partial charge in [0, 0.05) is 0 Å². The minimum Gasteiger partial charge on any atom is -1.00 e. The molecule has 1 aliphatic rings. The first-order valence-corrected chi connectivity index (χ1v) is 3.80. The quantitative estimate of drug-likeness (QED) is 0.328. The van der Waals surface area contributed by atoms with Crippen molar-refractivity contribution in [2.24, 2.45) is 0 Å². The van der Waals surface area contributed by atoms with Crippen LogP contribution in [0.25, 0.3) is 0 Å². The fourth-order valence-electron chi connectivity index (χ4n) is 1.42. The Kier molecular flexibility index (Phi) is 8.26. The molecule has 0 radical (unpaired) electrons. The molecule has 0 aliphatic carbocycles. The van der Waals surface area contributed by atoms with Gasteiger partial charge >= 0.3 is 0 Å². The Balaban J connectivity index is 0. The van der Waals surface area contributed by atoms with Crippen LogP contribution in [0, 0.1) is 0 Å². The van der Waals surface area contributed by atoms with Crippen LogP contribution in [0.1, 0.15) is 0 Å². The first-order valence-electron chi connectivity index (χ1n) is 3.80. The third-order valence-electron chi connectivity index (χ3n) is 2.22. The zero-order chi connectivity index (χ0) is 8.43. The van der Waals surface area contributed by atoms with Gasteiger partial charge in [-0.2, -0.15) is 0 Å². The second kappa shape index (κ2) is 6.78. The molecule has 1 heterocycles. The van der Waals surface area contributed by atoms with Crippen LogP contribution >= 0.6 is 0 Å². The molecule has 0 aromatic heterocycles. The summed E-state index contributed by atoms with van der Waals surface area (Å²) in [4.78, 5) is 0. The highest BCUT2D eigenvalue weighted by Crippen LogP contribution is 2.02. The molecule has 13 heavy (non-hydrogen) atoms. The van der Waals surface area contributed by atoms with Gasteiger partial charge in [-0.1, -0.05) is 0 Å². The highest BCUT2D eigenvalue weighted by molar-refractivity contribution is 4.83. The van der Waals surface area contributed by atoms with Crippen molar-refractivity contribution >= 4 is 0 Å². The molecule has 0 aromatic rings. The Morgan fingerprint density at radius 3 is 2.23 bits per heavy atom. The predicted octanol–water partition coefficient (Wildman–Crippen LogP) is -10.7. The monoisotopic (exact) mass is 234 g/mol. The minimum absolute atomic E-state index is 0. The van der Waals surface area contributed by atoms with Crippen molar-refractivity contribution in [2.75, 3.05) is 13.2 Å². The Morgan fingerprint density at radius 1 is 1.38 bits per heavy atom. The van der Waals surface area contributed by atoms with Crippen LogP contribution in [0.3, 0.4) is 0 Å². The lowest BCUT2D eigenvalue weighted by Crippen LogP contribution is -3.00. The smallest absolute Gasteiger partial charge is 0.169 e. The summed E-state index contributed by atoms with van der Waals surface area (Å²) in [5.74, 6) is 0. The van der Waals surface area contributed by atoms with Gasteiger partial charge in [0.05, 0.1) is 0 Å². The SMILES string of the molecule is [Cl-].[Cl-].[NH3+][C@H](CO)[C@H]1[NH2+]C[C@@H](O)[C@H]1O. The average Bonchev–Trinajstić information content (AvgIpc) is 2.32. The third kappa shape index (κ3) is 3.55. The Bertz CT molecular complexity index is 141. The average molecular weight is 235 g/mol. The van der Waals surface area contributed by atoms with Crippen molar-refractivity contribution < 1.29 is 51.2 Å². The van der Waals surface area contributed by atoms with Crippen LogP contribution in [0.5, 0.6) is 0 Å². The van der Waals surface area contributed by atoms with Gasteiger partial charge in [0.25, 0.3) is 0 Å². The van der Waals surface area contributed by atoms with Crippen molar-refractivity contribution in [3.63, 3.8) is 0 Å². The zero-order valence-corrected chi connectivity index (χ0v) is 8.62. The number of quaternary nitrogens is 2. The van der Waals surface area contributed by atoms with Gasteiger partial charge in [-0.25, -0.2) is 0 Å². The maximum atomic E-state index is 9.33. The van der Waals surface area contributed by atoms with E-state index in [1.165, 1.54) is 0 Å². The number of hydrogen-bond acceptors (Lipinski definition) is 3. The molecule has 82 valence electrons. The second-order valence-electron chi connectivity index (χ2n) is 3.05. The highest BCUT2D eigenvalue weighted by Gasteiger charge is 2.42. The molecule has 1 aliphatic heterocycles. The molecule has 0 aromatic carbocycles. The van der Waals surface area contributed by atoms with Crippen LogP contribution in [-0.4, -0.2) is 52.8 Å². The maximum Gasteiger partial charge on any atom is 0.169 e. The second-order valence-corrected chi connectivity index (χ2v) is 3.05. The first kappa shape index (κ1) is 15.8. The van der Waals surface area contributed by atoms with E-state index in [9.17, 15) is 5.11 Å². The van der Waals surface area contributed by atoms with Crippen LogP contribution in [0.2, 0.25) is 0 Å². The van der Waals surface area contributed by atoms with E-state index in [-0.39, 0.29) is 43.5 Å². The molecule has 8 N–H and O–H groups in total. The van der Waals surface area contributed by atoms with Crippen LogP contribution < -0.4 is 35.9 Å². The normalized spacial score (nSPS) is 34.6. The number of nitrogens with two attached hydrogens (primary N) is 1.